The number of hydrogen-bond donors (Lipinski definition) is 2. The van der Waals surface area contributed by atoms with Crippen LogP contribution in [0.15, 0.2) is 48.5 Å². The van der Waals surface area contributed by atoms with Gasteiger partial charge in [0.05, 0.1) is 35.8 Å². The van der Waals surface area contributed by atoms with Gasteiger partial charge in [-0.25, -0.2) is 0 Å². The zero-order valence-electron chi connectivity index (χ0n) is 16.6. The second kappa shape index (κ2) is 9.94. The molecule has 31 heavy (non-hydrogen) atoms. The summed E-state index contributed by atoms with van der Waals surface area (Å²) in [5.41, 5.74) is 3.12. The molecule has 0 bridgehead atoms. The van der Waals surface area contributed by atoms with Crippen LogP contribution in [0.2, 0.25) is 5.02 Å². The Hall–Kier alpha value is -3.59. The van der Waals surface area contributed by atoms with Gasteiger partial charge in [0.1, 0.15) is 5.75 Å². The van der Waals surface area contributed by atoms with E-state index in [1.165, 1.54) is 7.11 Å². The fourth-order valence-corrected chi connectivity index (χ4v) is 3.17. The van der Waals surface area contributed by atoms with E-state index in [4.69, 9.17) is 21.1 Å². The number of amides is 3. The Morgan fingerprint density at radius 2 is 1.84 bits per heavy atom. The van der Waals surface area contributed by atoms with Crippen LogP contribution in [0.25, 0.3) is 0 Å². The van der Waals surface area contributed by atoms with Crippen molar-refractivity contribution < 1.29 is 28.7 Å². The third-order valence-electron chi connectivity index (χ3n) is 4.54. The molecule has 0 unspecified atom stereocenters. The monoisotopic (exact) mass is 445 g/mol. The number of rotatable bonds is 7. The van der Waals surface area contributed by atoms with Crippen LogP contribution in [0, 0.1) is 5.92 Å². The van der Waals surface area contributed by atoms with E-state index in [1.54, 1.807) is 48.5 Å². The summed E-state index contributed by atoms with van der Waals surface area (Å²) in [4.78, 5) is 48.9. The van der Waals surface area contributed by atoms with Crippen LogP contribution in [-0.4, -0.2) is 49.0 Å². The van der Waals surface area contributed by atoms with Gasteiger partial charge >= 0.3 is 5.97 Å². The molecule has 1 fully saturated rings. The van der Waals surface area contributed by atoms with Gasteiger partial charge in [-0.2, -0.15) is 0 Å². The highest BCUT2D eigenvalue weighted by molar-refractivity contribution is 6.33. The minimum Gasteiger partial charge on any atom is -0.496 e. The number of ether oxygens (including phenoxy) is 2. The van der Waals surface area contributed by atoms with Crippen molar-refractivity contribution in [3.8, 4) is 5.75 Å². The van der Waals surface area contributed by atoms with Gasteiger partial charge in [0, 0.05) is 6.42 Å². The highest BCUT2D eigenvalue weighted by Crippen LogP contribution is 2.22. The number of nitrogens with one attached hydrogen (secondary N) is 2. The smallest absolute Gasteiger partial charge is 0.311 e. The lowest BCUT2D eigenvalue weighted by molar-refractivity contribution is -0.151. The standard InChI is InChI=1S/C21H20ClN3O6/c1-30-17-9-5-2-6-14(17)20(28)24-25-11-13(10-19(25)27)21(29)31-12-18(26)23-16-8-4-3-7-15(16)22/h2-9,13H,10-12H2,1H3,(H,23,26)(H,24,28)/t13-/m0/s1. The maximum absolute atomic E-state index is 12.5. The second-order valence-corrected chi connectivity index (χ2v) is 7.09. The third-order valence-corrected chi connectivity index (χ3v) is 4.87. The van der Waals surface area contributed by atoms with Gasteiger partial charge in [-0.3, -0.25) is 29.6 Å². The number of nitrogens with zero attached hydrogens (tertiary/aromatic N) is 1. The van der Waals surface area contributed by atoms with Crippen molar-refractivity contribution in [3.63, 3.8) is 0 Å². The van der Waals surface area contributed by atoms with E-state index in [1.807, 2.05) is 0 Å². The fraction of sp³-hybridized carbons (Fsp3) is 0.238. The lowest BCUT2D eigenvalue weighted by Crippen LogP contribution is -2.43. The first kappa shape index (κ1) is 22.1. The van der Waals surface area contributed by atoms with Gasteiger partial charge < -0.3 is 14.8 Å². The summed E-state index contributed by atoms with van der Waals surface area (Å²) in [6, 6.07) is 13.2. The number of halogens is 1. The molecule has 2 aromatic rings. The first-order chi connectivity index (χ1) is 14.9. The van der Waals surface area contributed by atoms with E-state index in [0.717, 1.165) is 5.01 Å². The number of hydrogen-bond acceptors (Lipinski definition) is 6. The Morgan fingerprint density at radius 1 is 1.13 bits per heavy atom. The maximum atomic E-state index is 12.5. The van der Waals surface area contributed by atoms with Gasteiger partial charge in [0.15, 0.2) is 6.61 Å². The molecule has 9 nitrogen and oxygen atoms in total. The molecular weight excluding hydrogens is 426 g/mol. The Bertz CT molecular complexity index is 1010. The van der Waals surface area contributed by atoms with Gasteiger partial charge in [-0.05, 0) is 24.3 Å². The highest BCUT2D eigenvalue weighted by Gasteiger charge is 2.37. The first-order valence-corrected chi connectivity index (χ1v) is 9.72. The van der Waals surface area contributed by atoms with Gasteiger partial charge in [0.2, 0.25) is 5.91 Å². The van der Waals surface area contributed by atoms with E-state index in [-0.39, 0.29) is 18.5 Å². The van der Waals surface area contributed by atoms with Crippen LogP contribution in [0.4, 0.5) is 5.69 Å². The lowest BCUT2D eigenvalue weighted by Gasteiger charge is -2.18. The van der Waals surface area contributed by atoms with Gasteiger partial charge in [-0.15, -0.1) is 0 Å². The van der Waals surface area contributed by atoms with Crippen LogP contribution in [-0.2, 0) is 19.1 Å². The zero-order valence-corrected chi connectivity index (χ0v) is 17.3. The predicted octanol–water partition coefficient (Wildman–Crippen LogP) is 2.02. The molecule has 3 amide bonds. The fourth-order valence-electron chi connectivity index (χ4n) is 2.99. The number of esters is 1. The average molecular weight is 446 g/mol. The number of anilines is 1. The summed E-state index contributed by atoms with van der Waals surface area (Å²) in [6.07, 6.45) is -0.142. The Kier molecular flexibility index (Phi) is 7.09. The van der Waals surface area contributed by atoms with E-state index in [0.29, 0.717) is 16.5 Å². The predicted molar refractivity (Wildman–Crippen MR) is 111 cm³/mol. The normalized spacial score (nSPS) is 15.4. The molecule has 2 N–H and O–H groups in total. The highest BCUT2D eigenvalue weighted by atomic mass is 35.5. The van der Waals surface area contributed by atoms with Crippen LogP contribution in [0.3, 0.4) is 0 Å². The van der Waals surface area contributed by atoms with Crippen LogP contribution < -0.4 is 15.5 Å². The quantitative estimate of drug-likeness (QED) is 0.630. The van der Waals surface area contributed by atoms with Gasteiger partial charge in [0.25, 0.3) is 11.8 Å². The maximum Gasteiger partial charge on any atom is 0.311 e. The van der Waals surface area contributed by atoms with Crippen LogP contribution in [0.5, 0.6) is 5.75 Å². The van der Waals surface area contributed by atoms with Crippen molar-refractivity contribution in [2.45, 2.75) is 6.42 Å². The molecule has 1 heterocycles. The number of carbonyl (C=O) groups excluding carboxylic acids is 4. The van der Waals surface area contributed by atoms with Gasteiger partial charge in [-0.1, -0.05) is 35.9 Å². The molecule has 0 aromatic heterocycles. The number of benzene rings is 2. The molecule has 162 valence electrons. The van der Waals surface area contributed by atoms with Crippen molar-refractivity contribution in [3.05, 3.63) is 59.1 Å². The molecule has 3 rings (SSSR count). The molecular formula is C21H20ClN3O6. The molecule has 0 spiro atoms. The zero-order chi connectivity index (χ0) is 22.4. The summed E-state index contributed by atoms with van der Waals surface area (Å²) in [7, 11) is 1.43. The Balaban J connectivity index is 1.51. The molecule has 0 radical (unpaired) electrons. The average Bonchev–Trinajstić information content (AvgIpc) is 3.13. The summed E-state index contributed by atoms with van der Waals surface area (Å²) < 4.78 is 10.2. The summed E-state index contributed by atoms with van der Waals surface area (Å²) in [5.74, 6) is -2.71. The molecule has 1 saturated heterocycles. The molecule has 0 saturated carbocycles. The van der Waals surface area contributed by atoms with E-state index in [9.17, 15) is 19.2 Å². The largest absolute Gasteiger partial charge is 0.496 e. The minimum atomic E-state index is -0.807. The van der Waals surface area contributed by atoms with Crippen molar-refractivity contribution in [1.82, 2.24) is 10.4 Å². The lowest BCUT2D eigenvalue weighted by atomic mass is 10.1. The summed E-state index contributed by atoms with van der Waals surface area (Å²) in [6.45, 7) is -0.590. The topological polar surface area (TPSA) is 114 Å². The summed E-state index contributed by atoms with van der Waals surface area (Å²) >= 11 is 5.96. The van der Waals surface area contributed by atoms with Crippen molar-refractivity contribution in [2.24, 2.45) is 5.92 Å². The minimum absolute atomic E-state index is 0.0648. The van der Waals surface area contributed by atoms with Crippen molar-refractivity contribution in [2.75, 3.05) is 25.6 Å². The van der Waals surface area contributed by atoms with Crippen molar-refractivity contribution >= 4 is 41.0 Å². The Morgan fingerprint density at radius 3 is 2.58 bits per heavy atom. The SMILES string of the molecule is COc1ccccc1C(=O)NN1C[C@@H](C(=O)OCC(=O)Nc2ccccc2Cl)CC1=O. The summed E-state index contributed by atoms with van der Waals surface area (Å²) in [5, 5.41) is 3.95. The van der Waals surface area contributed by atoms with E-state index >= 15 is 0 Å². The Labute approximate surface area is 183 Å². The molecule has 10 heteroatoms. The van der Waals surface area contributed by atoms with Crippen LogP contribution >= 0.6 is 11.6 Å². The number of methoxy groups -OCH3 is 1. The number of carbonyl (C=O) groups is 4. The van der Waals surface area contributed by atoms with Crippen LogP contribution in [0.1, 0.15) is 16.8 Å². The third kappa shape index (κ3) is 5.52. The number of para-hydroxylation sites is 2. The first-order valence-electron chi connectivity index (χ1n) is 9.34. The molecule has 1 atom stereocenters. The molecule has 1 aliphatic rings. The van der Waals surface area contributed by atoms with E-state index < -0.39 is 36.2 Å². The molecule has 2 aromatic carbocycles. The van der Waals surface area contributed by atoms with E-state index in [2.05, 4.69) is 10.7 Å². The molecule has 1 aliphatic heterocycles. The number of hydrazine groups is 1. The second-order valence-electron chi connectivity index (χ2n) is 6.68. The molecule has 0 aliphatic carbocycles. The van der Waals surface area contributed by atoms with Crippen molar-refractivity contribution in [1.29, 1.82) is 0 Å².